The molecule has 1 heterocycles. The van der Waals surface area contributed by atoms with E-state index < -0.39 is 0 Å². The van der Waals surface area contributed by atoms with E-state index in [0.717, 1.165) is 52.0 Å². The van der Waals surface area contributed by atoms with Gasteiger partial charge < -0.3 is 9.84 Å². The molecular weight excluding hydrogens is 286 g/mol. The molecule has 0 saturated heterocycles. The first-order valence-corrected chi connectivity index (χ1v) is 7.87. The molecule has 0 aliphatic carbocycles. The number of ether oxygens (including phenoxy) is 1. The van der Waals surface area contributed by atoms with Gasteiger partial charge in [-0.15, -0.1) is 0 Å². The standard InChI is InChI=1S/C20H19NO2/c1-2-5-15(11-21)20-17-9-8-14(12-22)10-16(17)13-23-19-7-4-3-6-18(19)20/h3-4,6-10,22H,2,5,12-13H2,1H3/b20-15+. The fourth-order valence-electron chi connectivity index (χ4n) is 3.02. The zero-order valence-electron chi connectivity index (χ0n) is 13.2. The van der Waals surface area contributed by atoms with Gasteiger partial charge in [-0.2, -0.15) is 5.26 Å². The maximum absolute atomic E-state index is 9.66. The van der Waals surface area contributed by atoms with Crippen molar-refractivity contribution < 1.29 is 9.84 Å². The molecule has 116 valence electrons. The summed E-state index contributed by atoms with van der Waals surface area (Å²) in [5.74, 6) is 0.799. The maximum atomic E-state index is 9.66. The van der Waals surface area contributed by atoms with Crippen molar-refractivity contribution in [3.8, 4) is 11.8 Å². The van der Waals surface area contributed by atoms with E-state index in [1.54, 1.807) is 0 Å². The van der Waals surface area contributed by atoms with Crippen LogP contribution in [-0.4, -0.2) is 5.11 Å². The summed E-state index contributed by atoms with van der Waals surface area (Å²) in [5, 5.41) is 19.0. The molecule has 0 amide bonds. The molecule has 1 aliphatic heterocycles. The second-order valence-electron chi connectivity index (χ2n) is 5.65. The van der Waals surface area contributed by atoms with Crippen molar-refractivity contribution in [2.75, 3.05) is 0 Å². The van der Waals surface area contributed by atoms with Gasteiger partial charge in [-0.25, -0.2) is 0 Å². The first kappa shape index (κ1) is 15.3. The first-order chi connectivity index (χ1) is 11.3. The number of aliphatic hydroxyl groups excluding tert-OH is 1. The lowest BCUT2D eigenvalue weighted by molar-refractivity contribution is 0.280. The van der Waals surface area contributed by atoms with E-state index >= 15 is 0 Å². The quantitative estimate of drug-likeness (QED) is 0.865. The largest absolute Gasteiger partial charge is 0.488 e. The van der Waals surface area contributed by atoms with Crippen LogP contribution in [0.3, 0.4) is 0 Å². The smallest absolute Gasteiger partial charge is 0.127 e. The van der Waals surface area contributed by atoms with E-state index in [9.17, 15) is 10.4 Å². The van der Waals surface area contributed by atoms with Gasteiger partial charge in [-0.05, 0) is 35.2 Å². The molecule has 23 heavy (non-hydrogen) atoms. The van der Waals surface area contributed by atoms with Crippen molar-refractivity contribution in [3.63, 3.8) is 0 Å². The molecular formula is C20H19NO2. The summed E-state index contributed by atoms with van der Waals surface area (Å²) in [5.41, 5.74) is 5.59. The Balaban J connectivity index is 2.30. The molecule has 0 unspecified atom stereocenters. The maximum Gasteiger partial charge on any atom is 0.127 e. The van der Waals surface area contributed by atoms with Crippen molar-refractivity contribution in [3.05, 3.63) is 70.3 Å². The molecule has 0 atom stereocenters. The summed E-state index contributed by atoms with van der Waals surface area (Å²) >= 11 is 0. The molecule has 1 N–H and O–H groups in total. The first-order valence-electron chi connectivity index (χ1n) is 7.87. The normalized spacial score (nSPS) is 14.8. The van der Waals surface area contributed by atoms with E-state index in [1.165, 1.54) is 0 Å². The number of aliphatic hydroxyl groups is 1. The SMILES string of the molecule is CCC/C(C#N)=C1/c2ccc(CO)cc2COc2ccccc21. The van der Waals surface area contributed by atoms with Gasteiger partial charge in [0.15, 0.2) is 0 Å². The molecule has 0 aromatic heterocycles. The number of rotatable bonds is 3. The van der Waals surface area contributed by atoms with Crippen LogP contribution in [0.1, 0.15) is 42.0 Å². The van der Waals surface area contributed by atoms with Gasteiger partial charge in [0.05, 0.1) is 12.7 Å². The van der Waals surface area contributed by atoms with Gasteiger partial charge in [0.25, 0.3) is 0 Å². The van der Waals surface area contributed by atoms with Crippen LogP contribution in [0, 0.1) is 11.3 Å². The Bertz CT molecular complexity index is 800. The Morgan fingerprint density at radius 2 is 2.04 bits per heavy atom. The minimum atomic E-state index is -0.000652. The zero-order chi connectivity index (χ0) is 16.2. The molecule has 0 spiro atoms. The fourth-order valence-corrected chi connectivity index (χ4v) is 3.02. The highest BCUT2D eigenvalue weighted by Crippen LogP contribution is 2.39. The molecule has 1 aliphatic rings. The Labute approximate surface area is 136 Å². The fraction of sp³-hybridized carbons (Fsp3) is 0.250. The van der Waals surface area contributed by atoms with Crippen LogP contribution in [0.4, 0.5) is 0 Å². The summed E-state index contributed by atoms with van der Waals surface area (Å²) in [4.78, 5) is 0. The zero-order valence-corrected chi connectivity index (χ0v) is 13.2. The Morgan fingerprint density at radius 1 is 1.22 bits per heavy atom. The van der Waals surface area contributed by atoms with Crippen LogP contribution in [-0.2, 0) is 13.2 Å². The molecule has 3 nitrogen and oxygen atoms in total. The number of fused-ring (bicyclic) bond motifs is 2. The number of nitriles is 1. The number of hydrogen-bond acceptors (Lipinski definition) is 3. The van der Waals surface area contributed by atoms with Crippen LogP contribution >= 0.6 is 0 Å². The Morgan fingerprint density at radius 3 is 2.78 bits per heavy atom. The van der Waals surface area contributed by atoms with Crippen LogP contribution in [0.15, 0.2) is 48.0 Å². The van der Waals surface area contributed by atoms with Gasteiger partial charge in [0.1, 0.15) is 12.4 Å². The van der Waals surface area contributed by atoms with E-state index in [0.29, 0.717) is 6.61 Å². The molecule has 0 saturated carbocycles. The molecule has 0 radical (unpaired) electrons. The van der Waals surface area contributed by atoms with Gasteiger partial charge in [0.2, 0.25) is 0 Å². The minimum Gasteiger partial charge on any atom is -0.488 e. The summed E-state index contributed by atoms with van der Waals surface area (Å²) in [6, 6.07) is 16.1. The molecule has 0 bridgehead atoms. The Kier molecular flexibility index (Phi) is 4.45. The van der Waals surface area contributed by atoms with Crippen molar-refractivity contribution in [2.24, 2.45) is 0 Å². The number of benzene rings is 2. The molecule has 0 fully saturated rings. The molecule has 2 aromatic carbocycles. The summed E-state index contributed by atoms with van der Waals surface area (Å²) in [6.45, 7) is 2.51. The lowest BCUT2D eigenvalue weighted by atomic mass is 9.88. The third-order valence-electron chi connectivity index (χ3n) is 4.10. The highest BCUT2D eigenvalue weighted by Gasteiger charge is 2.22. The van der Waals surface area contributed by atoms with Gasteiger partial charge in [-0.1, -0.05) is 43.7 Å². The highest BCUT2D eigenvalue weighted by atomic mass is 16.5. The minimum absolute atomic E-state index is 0.000652. The van der Waals surface area contributed by atoms with Crippen LogP contribution in [0.2, 0.25) is 0 Å². The van der Waals surface area contributed by atoms with Crippen molar-refractivity contribution >= 4 is 5.57 Å². The topological polar surface area (TPSA) is 53.2 Å². The third-order valence-corrected chi connectivity index (χ3v) is 4.10. The number of allylic oxidation sites excluding steroid dienone is 1. The predicted octanol–water partition coefficient (Wildman–Crippen LogP) is 4.20. The second-order valence-corrected chi connectivity index (χ2v) is 5.65. The monoisotopic (exact) mass is 305 g/mol. The number of hydrogen-bond donors (Lipinski definition) is 1. The lowest BCUT2D eigenvalue weighted by Crippen LogP contribution is -1.99. The third kappa shape index (κ3) is 2.86. The number of para-hydroxylation sites is 1. The number of nitrogens with zero attached hydrogens (tertiary/aromatic N) is 1. The van der Waals surface area contributed by atoms with E-state index in [2.05, 4.69) is 13.0 Å². The molecule has 3 heteroatoms. The molecule has 2 aromatic rings. The average molecular weight is 305 g/mol. The van der Waals surface area contributed by atoms with Crippen LogP contribution in [0.5, 0.6) is 5.75 Å². The van der Waals surface area contributed by atoms with E-state index in [-0.39, 0.29) is 6.61 Å². The predicted molar refractivity (Wildman–Crippen MR) is 89.7 cm³/mol. The molecule has 3 rings (SSSR count). The Hall–Kier alpha value is -2.57. The lowest BCUT2D eigenvalue weighted by Gasteiger charge is -2.13. The van der Waals surface area contributed by atoms with Crippen molar-refractivity contribution in [1.29, 1.82) is 5.26 Å². The van der Waals surface area contributed by atoms with Gasteiger partial charge in [-0.3, -0.25) is 0 Å². The second kappa shape index (κ2) is 6.68. The average Bonchev–Trinajstić information content (AvgIpc) is 2.76. The summed E-state index contributed by atoms with van der Waals surface area (Å²) in [6.07, 6.45) is 1.65. The van der Waals surface area contributed by atoms with Gasteiger partial charge in [0, 0.05) is 16.7 Å². The van der Waals surface area contributed by atoms with Crippen LogP contribution < -0.4 is 4.74 Å². The van der Waals surface area contributed by atoms with Crippen molar-refractivity contribution in [2.45, 2.75) is 33.0 Å². The van der Waals surface area contributed by atoms with E-state index in [1.807, 2.05) is 42.5 Å². The van der Waals surface area contributed by atoms with Crippen molar-refractivity contribution in [1.82, 2.24) is 0 Å². The van der Waals surface area contributed by atoms with Gasteiger partial charge >= 0.3 is 0 Å². The van der Waals surface area contributed by atoms with Crippen LogP contribution in [0.25, 0.3) is 5.57 Å². The highest BCUT2D eigenvalue weighted by molar-refractivity contribution is 5.88. The summed E-state index contributed by atoms with van der Waals surface area (Å²) < 4.78 is 5.95. The summed E-state index contributed by atoms with van der Waals surface area (Å²) in [7, 11) is 0. The van der Waals surface area contributed by atoms with E-state index in [4.69, 9.17) is 4.74 Å².